The molecule has 5 rings (SSSR count). The Balaban J connectivity index is 1.36. The zero-order valence-electron chi connectivity index (χ0n) is 19.7. The summed E-state index contributed by atoms with van der Waals surface area (Å²) in [5.74, 6) is 1.25. The molecule has 1 saturated heterocycles. The molecule has 1 saturated carbocycles. The molecule has 2 fully saturated rings. The molecular formula is C27H34N4O3. The second kappa shape index (κ2) is 10.5. The van der Waals surface area contributed by atoms with E-state index in [9.17, 15) is 9.59 Å². The smallest absolute Gasteiger partial charge is 0.229 e. The van der Waals surface area contributed by atoms with Gasteiger partial charge in [-0.2, -0.15) is 4.98 Å². The zero-order valence-corrected chi connectivity index (χ0v) is 19.7. The first-order valence-electron chi connectivity index (χ1n) is 12.8. The summed E-state index contributed by atoms with van der Waals surface area (Å²) in [6, 6.07) is 9.97. The Morgan fingerprint density at radius 3 is 2.68 bits per heavy atom. The molecule has 2 aromatic rings. The van der Waals surface area contributed by atoms with Gasteiger partial charge in [0.2, 0.25) is 17.7 Å². The Hall–Kier alpha value is -2.96. The topological polar surface area (TPSA) is 88.3 Å². The monoisotopic (exact) mass is 462 g/mol. The number of nitrogens with one attached hydrogen (secondary N) is 1. The Bertz CT molecular complexity index is 1010. The summed E-state index contributed by atoms with van der Waals surface area (Å²) in [5, 5.41) is 7.35. The van der Waals surface area contributed by atoms with Crippen LogP contribution < -0.4 is 5.32 Å². The van der Waals surface area contributed by atoms with E-state index < -0.39 is 0 Å². The third-order valence-corrected chi connectivity index (χ3v) is 7.57. The molecule has 2 amide bonds. The molecular weight excluding hydrogens is 428 g/mol. The van der Waals surface area contributed by atoms with Crippen molar-refractivity contribution < 1.29 is 14.1 Å². The zero-order chi connectivity index (χ0) is 23.3. The van der Waals surface area contributed by atoms with Crippen LogP contribution in [0.3, 0.4) is 0 Å². The van der Waals surface area contributed by atoms with Crippen molar-refractivity contribution in [1.82, 2.24) is 20.4 Å². The lowest BCUT2D eigenvalue weighted by Crippen LogP contribution is -2.49. The van der Waals surface area contributed by atoms with Gasteiger partial charge in [-0.3, -0.25) is 9.59 Å². The largest absolute Gasteiger partial charge is 0.356 e. The van der Waals surface area contributed by atoms with Crippen LogP contribution in [0.1, 0.15) is 74.6 Å². The molecule has 7 heteroatoms. The van der Waals surface area contributed by atoms with Crippen LogP contribution in [0, 0.1) is 11.8 Å². The maximum Gasteiger partial charge on any atom is 0.229 e. The van der Waals surface area contributed by atoms with Crippen LogP contribution in [0.25, 0.3) is 0 Å². The van der Waals surface area contributed by atoms with Crippen molar-refractivity contribution in [1.29, 1.82) is 0 Å². The second-order valence-corrected chi connectivity index (χ2v) is 9.93. The maximum absolute atomic E-state index is 13.6. The minimum atomic E-state index is -0.245. The van der Waals surface area contributed by atoms with Crippen LogP contribution in [-0.4, -0.2) is 46.0 Å². The van der Waals surface area contributed by atoms with E-state index in [0.717, 1.165) is 50.6 Å². The standard InChI is InChI=1S/C27H34N4O3/c32-25-22-17-21(26-29-24(30-34-26)16-19-10-4-3-5-11-19)18-23(22)31(15-9-2-1-8-14-28-25)27(33)20-12-6-7-13-20/h3-7,10-11,20-23H,1-2,8-9,12-18H2,(H,28,32). The van der Waals surface area contributed by atoms with Gasteiger partial charge in [0.05, 0.1) is 5.92 Å². The summed E-state index contributed by atoms with van der Waals surface area (Å²) >= 11 is 0. The van der Waals surface area contributed by atoms with Gasteiger partial charge >= 0.3 is 0 Å². The lowest BCUT2D eigenvalue weighted by atomic mass is 9.97. The van der Waals surface area contributed by atoms with E-state index in [-0.39, 0.29) is 35.6 Å². The van der Waals surface area contributed by atoms with E-state index in [4.69, 9.17) is 9.51 Å². The van der Waals surface area contributed by atoms with Gasteiger partial charge in [0, 0.05) is 37.4 Å². The molecule has 7 nitrogen and oxygen atoms in total. The SMILES string of the molecule is O=C1NCCCCCCN(C(=O)C2CC=CC2)C2CC(c3nc(Cc4ccccc4)no3)CC12. The van der Waals surface area contributed by atoms with Crippen molar-refractivity contribution in [2.24, 2.45) is 11.8 Å². The molecule has 3 atom stereocenters. The summed E-state index contributed by atoms with van der Waals surface area (Å²) in [6.45, 7) is 1.43. The predicted molar refractivity (Wildman–Crippen MR) is 128 cm³/mol. The fourth-order valence-corrected chi connectivity index (χ4v) is 5.72. The number of nitrogens with zero attached hydrogens (tertiary/aromatic N) is 3. The van der Waals surface area contributed by atoms with Crippen LogP contribution in [0.4, 0.5) is 0 Å². The molecule has 1 aromatic carbocycles. The van der Waals surface area contributed by atoms with E-state index in [2.05, 4.69) is 22.6 Å². The first kappa shape index (κ1) is 22.8. The molecule has 180 valence electrons. The third kappa shape index (κ3) is 5.08. The lowest BCUT2D eigenvalue weighted by Gasteiger charge is -2.34. The Labute approximate surface area is 201 Å². The molecule has 2 aliphatic carbocycles. The third-order valence-electron chi connectivity index (χ3n) is 7.57. The Morgan fingerprint density at radius 2 is 1.85 bits per heavy atom. The maximum atomic E-state index is 13.6. The van der Waals surface area contributed by atoms with E-state index in [1.54, 1.807) is 0 Å². The molecule has 0 bridgehead atoms. The number of fused-ring (bicyclic) bond motifs is 1. The van der Waals surface area contributed by atoms with Crippen molar-refractivity contribution in [3.05, 3.63) is 59.8 Å². The van der Waals surface area contributed by atoms with Crippen LogP contribution in [-0.2, 0) is 16.0 Å². The van der Waals surface area contributed by atoms with E-state index in [1.165, 1.54) is 0 Å². The summed E-state index contributed by atoms with van der Waals surface area (Å²) < 4.78 is 5.68. The van der Waals surface area contributed by atoms with Crippen molar-refractivity contribution in [3.8, 4) is 0 Å². The van der Waals surface area contributed by atoms with Gasteiger partial charge in [-0.05, 0) is 44.1 Å². The molecule has 3 unspecified atom stereocenters. The van der Waals surface area contributed by atoms with Crippen LogP contribution in [0.15, 0.2) is 47.0 Å². The van der Waals surface area contributed by atoms with Gasteiger partial charge in [-0.1, -0.05) is 60.5 Å². The number of amides is 2. The van der Waals surface area contributed by atoms with Gasteiger partial charge in [0.25, 0.3) is 0 Å². The van der Waals surface area contributed by atoms with E-state index >= 15 is 0 Å². The van der Waals surface area contributed by atoms with E-state index in [0.29, 0.717) is 37.5 Å². The van der Waals surface area contributed by atoms with Crippen LogP contribution in [0.2, 0.25) is 0 Å². The quantitative estimate of drug-likeness (QED) is 0.694. The summed E-state index contributed by atoms with van der Waals surface area (Å²) in [6.07, 6.45) is 11.9. The Kier molecular flexibility index (Phi) is 7.07. The molecule has 1 aliphatic heterocycles. The van der Waals surface area contributed by atoms with Crippen LogP contribution in [0.5, 0.6) is 0 Å². The number of benzene rings is 1. The summed E-state index contributed by atoms with van der Waals surface area (Å²) in [7, 11) is 0. The molecule has 0 spiro atoms. The van der Waals surface area contributed by atoms with Crippen molar-refractivity contribution in [3.63, 3.8) is 0 Å². The Morgan fingerprint density at radius 1 is 1.06 bits per heavy atom. The highest BCUT2D eigenvalue weighted by molar-refractivity contribution is 5.83. The van der Waals surface area contributed by atoms with Crippen molar-refractivity contribution >= 4 is 11.8 Å². The van der Waals surface area contributed by atoms with Gasteiger partial charge in [-0.15, -0.1) is 0 Å². The minimum absolute atomic E-state index is 0.00812. The van der Waals surface area contributed by atoms with Crippen molar-refractivity contribution in [2.75, 3.05) is 13.1 Å². The number of rotatable bonds is 4. The second-order valence-electron chi connectivity index (χ2n) is 9.93. The first-order valence-corrected chi connectivity index (χ1v) is 12.8. The molecule has 34 heavy (non-hydrogen) atoms. The predicted octanol–water partition coefficient (Wildman–Crippen LogP) is 4.01. The normalized spacial score (nSPS) is 26.2. The van der Waals surface area contributed by atoms with Crippen molar-refractivity contribution in [2.45, 2.75) is 69.7 Å². The van der Waals surface area contributed by atoms with Gasteiger partial charge in [0.1, 0.15) is 0 Å². The van der Waals surface area contributed by atoms with Gasteiger partial charge in [-0.25, -0.2) is 0 Å². The minimum Gasteiger partial charge on any atom is -0.356 e. The van der Waals surface area contributed by atoms with Gasteiger partial charge < -0.3 is 14.7 Å². The molecule has 1 N–H and O–H groups in total. The summed E-state index contributed by atoms with van der Waals surface area (Å²) in [4.78, 5) is 33.5. The summed E-state index contributed by atoms with van der Waals surface area (Å²) in [5.41, 5.74) is 1.13. The highest BCUT2D eigenvalue weighted by Crippen LogP contribution is 2.42. The van der Waals surface area contributed by atoms with Crippen LogP contribution >= 0.6 is 0 Å². The number of hydrogen-bond acceptors (Lipinski definition) is 5. The fourth-order valence-electron chi connectivity index (χ4n) is 5.72. The average molecular weight is 463 g/mol. The number of allylic oxidation sites excluding steroid dienone is 2. The first-order chi connectivity index (χ1) is 16.7. The molecule has 3 aliphatic rings. The van der Waals surface area contributed by atoms with Gasteiger partial charge in [0.15, 0.2) is 5.82 Å². The number of hydrogen-bond donors (Lipinski definition) is 1. The fraction of sp³-hybridized carbons (Fsp3) is 0.556. The molecule has 0 radical (unpaired) electrons. The van der Waals surface area contributed by atoms with E-state index in [1.807, 2.05) is 35.2 Å². The molecule has 2 heterocycles. The average Bonchev–Trinajstić information content (AvgIpc) is 3.61. The number of aromatic nitrogens is 2. The number of carbonyl (C=O) groups excluding carboxylic acids is 2. The highest BCUT2D eigenvalue weighted by Gasteiger charge is 2.46. The molecule has 1 aromatic heterocycles. The highest BCUT2D eigenvalue weighted by atomic mass is 16.5. The number of carbonyl (C=O) groups is 2. The lowest BCUT2D eigenvalue weighted by molar-refractivity contribution is -0.140.